The molecule has 3 fully saturated rings. The van der Waals surface area contributed by atoms with Gasteiger partial charge in [-0.3, -0.25) is 0 Å². The SMILES string of the molecule is CCOC(=O)[C@@]1(O)C[NH+]2CCC1CC2. The van der Waals surface area contributed by atoms with Gasteiger partial charge in [0.15, 0.2) is 0 Å². The number of nitrogens with one attached hydrogen (secondary N) is 1. The second-order valence-electron chi connectivity index (χ2n) is 4.35. The topological polar surface area (TPSA) is 51.0 Å². The minimum atomic E-state index is -1.19. The van der Waals surface area contributed by atoms with Gasteiger partial charge in [0.25, 0.3) is 0 Å². The Hall–Kier alpha value is -0.610. The highest BCUT2D eigenvalue weighted by Crippen LogP contribution is 2.29. The van der Waals surface area contributed by atoms with Gasteiger partial charge in [0.1, 0.15) is 6.54 Å². The molecule has 1 atom stereocenters. The average molecular weight is 200 g/mol. The Morgan fingerprint density at radius 2 is 2.21 bits per heavy atom. The molecule has 80 valence electrons. The molecule has 14 heavy (non-hydrogen) atoms. The predicted molar refractivity (Wildman–Crippen MR) is 49.9 cm³/mol. The molecule has 0 aromatic carbocycles. The van der Waals surface area contributed by atoms with Crippen LogP contribution in [0.4, 0.5) is 0 Å². The number of carbonyl (C=O) groups excluding carboxylic acids is 1. The Morgan fingerprint density at radius 3 is 2.64 bits per heavy atom. The molecule has 0 aliphatic carbocycles. The zero-order valence-electron chi connectivity index (χ0n) is 8.58. The molecule has 0 radical (unpaired) electrons. The van der Waals surface area contributed by atoms with Gasteiger partial charge in [0, 0.05) is 18.8 Å². The summed E-state index contributed by atoms with van der Waals surface area (Å²) in [6, 6.07) is 0. The summed E-state index contributed by atoms with van der Waals surface area (Å²) in [5.41, 5.74) is -1.19. The van der Waals surface area contributed by atoms with Crippen LogP contribution >= 0.6 is 0 Å². The third kappa shape index (κ3) is 1.42. The van der Waals surface area contributed by atoms with E-state index in [0.717, 1.165) is 25.9 Å². The van der Waals surface area contributed by atoms with Crippen molar-refractivity contribution in [1.82, 2.24) is 0 Å². The lowest BCUT2D eigenvalue weighted by molar-refractivity contribution is -0.923. The number of ether oxygens (including phenoxy) is 1. The molecular weight excluding hydrogens is 182 g/mol. The lowest BCUT2D eigenvalue weighted by atomic mass is 9.75. The number of piperidine rings is 3. The maximum Gasteiger partial charge on any atom is 0.344 e. The molecule has 2 N–H and O–H groups in total. The lowest BCUT2D eigenvalue weighted by Crippen LogP contribution is -3.18. The van der Waals surface area contributed by atoms with Crippen LogP contribution in [0, 0.1) is 5.92 Å². The van der Waals surface area contributed by atoms with E-state index in [1.807, 2.05) is 0 Å². The van der Waals surface area contributed by atoms with Crippen LogP contribution in [0.1, 0.15) is 19.8 Å². The summed E-state index contributed by atoms with van der Waals surface area (Å²) < 4.78 is 4.93. The van der Waals surface area contributed by atoms with Crippen molar-refractivity contribution in [2.75, 3.05) is 26.2 Å². The monoisotopic (exact) mass is 200 g/mol. The third-order valence-corrected chi connectivity index (χ3v) is 3.52. The summed E-state index contributed by atoms with van der Waals surface area (Å²) in [7, 11) is 0. The first-order valence-corrected chi connectivity index (χ1v) is 5.40. The number of fused-ring (bicyclic) bond motifs is 3. The summed E-state index contributed by atoms with van der Waals surface area (Å²) in [6.45, 7) is 4.84. The standard InChI is InChI=1S/C10H17NO3/c1-2-14-9(12)10(13)7-11-5-3-8(10)4-6-11/h8,13H,2-7H2,1H3/p+1/t10-/m1/s1. The third-order valence-electron chi connectivity index (χ3n) is 3.52. The van der Waals surface area contributed by atoms with Gasteiger partial charge in [0.2, 0.25) is 5.60 Å². The van der Waals surface area contributed by atoms with E-state index >= 15 is 0 Å². The highest BCUT2D eigenvalue weighted by atomic mass is 16.5. The van der Waals surface area contributed by atoms with Gasteiger partial charge in [-0.05, 0) is 6.92 Å². The Balaban J connectivity index is 2.11. The first-order valence-electron chi connectivity index (χ1n) is 5.40. The van der Waals surface area contributed by atoms with Crippen molar-refractivity contribution >= 4 is 5.97 Å². The van der Waals surface area contributed by atoms with Crippen LogP contribution < -0.4 is 4.90 Å². The van der Waals surface area contributed by atoms with Crippen LogP contribution in [0.15, 0.2) is 0 Å². The molecule has 0 aromatic rings. The molecule has 2 bridgehead atoms. The smallest absolute Gasteiger partial charge is 0.344 e. The number of esters is 1. The number of quaternary nitrogens is 1. The summed E-state index contributed by atoms with van der Waals surface area (Å²) in [5, 5.41) is 10.3. The molecule has 3 saturated heterocycles. The van der Waals surface area contributed by atoms with E-state index in [1.54, 1.807) is 6.92 Å². The Bertz CT molecular complexity index is 236. The van der Waals surface area contributed by atoms with E-state index in [1.165, 1.54) is 4.90 Å². The molecule has 0 amide bonds. The number of hydrogen-bond donors (Lipinski definition) is 2. The van der Waals surface area contributed by atoms with E-state index in [2.05, 4.69) is 0 Å². The van der Waals surface area contributed by atoms with Crippen LogP contribution in [0.25, 0.3) is 0 Å². The second kappa shape index (κ2) is 3.51. The van der Waals surface area contributed by atoms with Crippen molar-refractivity contribution in [3.63, 3.8) is 0 Å². The highest BCUT2D eigenvalue weighted by Gasteiger charge is 2.54. The predicted octanol–water partition coefficient (Wildman–Crippen LogP) is -1.41. The fraction of sp³-hybridized carbons (Fsp3) is 0.900. The number of rotatable bonds is 2. The van der Waals surface area contributed by atoms with Crippen molar-refractivity contribution in [2.24, 2.45) is 5.92 Å². The van der Waals surface area contributed by atoms with Crippen molar-refractivity contribution < 1.29 is 19.5 Å². The van der Waals surface area contributed by atoms with E-state index in [0.29, 0.717) is 13.2 Å². The van der Waals surface area contributed by atoms with Crippen LogP contribution in [-0.4, -0.2) is 42.9 Å². The van der Waals surface area contributed by atoms with Gasteiger partial charge >= 0.3 is 5.97 Å². The first kappa shape index (κ1) is 9.93. The molecule has 3 rings (SSSR count). The maximum absolute atomic E-state index is 11.6. The number of hydrogen-bond acceptors (Lipinski definition) is 3. The summed E-state index contributed by atoms with van der Waals surface area (Å²) >= 11 is 0. The first-order chi connectivity index (χ1) is 6.66. The normalized spacial score (nSPS) is 41.0. The Labute approximate surface area is 83.8 Å². The quantitative estimate of drug-likeness (QED) is 0.538. The summed E-state index contributed by atoms with van der Waals surface area (Å²) in [4.78, 5) is 13.0. The van der Waals surface area contributed by atoms with Crippen molar-refractivity contribution in [3.05, 3.63) is 0 Å². The average Bonchev–Trinajstić information content (AvgIpc) is 2.19. The zero-order valence-corrected chi connectivity index (χ0v) is 8.58. The molecule has 3 heterocycles. The van der Waals surface area contributed by atoms with Crippen LogP contribution in [-0.2, 0) is 9.53 Å². The molecule has 3 aliphatic heterocycles. The van der Waals surface area contributed by atoms with Gasteiger partial charge in [-0.1, -0.05) is 0 Å². The molecule has 3 aliphatic rings. The Kier molecular flexibility index (Phi) is 2.49. The zero-order chi connectivity index (χ0) is 10.2. The van der Waals surface area contributed by atoms with E-state index in [9.17, 15) is 9.90 Å². The molecule has 0 aromatic heterocycles. The molecule has 0 saturated carbocycles. The molecule has 4 heteroatoms. The van der Waals surface area contributed by atoms with Gasteiger partial charge < -0.3 is 14.7 Å². The van der Waals surface area contributed by atoms with Gasteiger partial charge in [-0.2, -0.15) is 0 Å². The molecule has 0 unspecified atom stereocenters. The van der Waals surface area contributed by atoms with Crippen LogP contribution in [0.5, 0.6) is 0 Å². The maximum atomic E-state index is 11.6. The van der Waals surface area contributed by atoms with Crippen molar-refractivity contribution in [2.45, 2.75) is 25.4 Å². The second-order valence-corrected chi connectivity index (χ2v) is 4.35. The fourth-order valence-corrected chi connectivity index (χ4v) is 2.70. The number of carbonyl (C=O) groups is 1. The molecular formula is C10H18NO3+. The lowest BCUT2D eigenvalue weighted by Gasteiger charge is -2.45. The fourth-order valence-electron chi connectivity index (χ4n) is 2.70. The van der Waals surface area contributed by atoms with Crippen LogP contribution in [0.3, 0.4) is 0 Å². The minimum Gasteiger partial charge on any atom is -0.464 e. The van der Waals surface area contributed by atoms with E-state index in [-0.39, 0.29) is 5.92 Å². The molecule has 4 nitrogen and oxygen atoms in total. The van der Waals surface area contributed by atoms with Gasteiger partial charge in [-0.25, -0.2) is 4.79 Å². The van der Waals surface area contributed by atoms with Crippen LogP contribution in [0.2, 0.25) is 0 Å². The number of aliphatic hydroxyl groups is 1. The van der Waals surface area contributed by atoms with Crippen molar-refractivity contribution in [1.29, 1.82) is 0 Å². The van der Waals surface area contributed by atoms with Gasteiger partial charge in [-0.15, -0.1) is 0 Å². The highest BCUT2D eigenvalue weighted by molar-refractivity contribution is 5.80. The summed E-state index contributed by atoms with van der Waals surface area (Å²) in [6.07, 6.45) is 1.90. The van der Waals surface area contributed by atoms with E-state index in [4.69, 9.17) is 4.74 Å². The summed E-state index contributed by atoms with van der Waals surface area (Å²) in [5.74, 6) is -0.291. The minimum absolute atomic E-state index is 0.124. The molecule has 0 spiro atoms. The largest absolute Gasteiger partial charge is 0.464 e. The van der Waals surface area contributed by atoms with E-state index < -0.39 is 11.6 Å². The Morgan fingerprint density at radius 1 is 1.57 bits per heavy atom. The van der Waals surface area contributed by atoms with Crippen molar-refractivity contribution in [3.8, 4) is 0 Å². The van der Waals surface area contributed by atoms with Gasteiger partial charge in [0.05, 0.1) is 19.7 Å².